The molecule has 0 amide bonds. The van der Waals surface area contributed by atoms with E-state index in [1.807, 2.05) is 168 Å². The fourth-order valence-corrected chi connectivity index (χ4v) is 6.30. The van der Waals surface area contributed by atoms with Crippen molar-refractivity contribution in [3.63, 3.8) is 0 Å². The number of benzene rings is 3. The van der Waals surface area contributed by atoms with Crippen molar-refractivity contribution in [2.75, 3.05) is 0 Å². The SMILES string of the molecule is Cc1cc(-c2cccnc2)ccn1.Cc1cc(-c2ccncc2)ccn1.Cc1ccc(-c2ccccc2)cn1.Cc1ccc(-c2ccccc2)nc1.Cc1ccc(-c2ccccn2)cc1. The number of hydrogen-bond donors (Lipinski definition) is 0. The van der Waals surface area contributed by atoms with Crippen LogP contribution in [0.25, 0.3) is 55.9 Å². The standard InChI is InChI=1S/3C12H11N.2C11H10N2/c1-10-5-7-11(8-6-10)12-4-2-3-9-13-12;1-10-7-8-12(9-13-10)11-5-3-2-4-6-11;1-10-7-8-12(13-9-10)11-5-3-2-4-6-11;1-9-8-11(4-7-13-9)10-2-5-12-6-3-10;1-9-7-10(4-6-13-9)11-3-2-5-12-8-11/h3*2-9H,1H3;2*2-8H,1H3. The molecule has 0 aliphatic rings. The Morgan fingerprint density at radius 1 is 0.246 bits per heavy atom. The first-order valence-corrected chi connectivity index (χ1v) is 21.4. The highest BCUT2D eigenvalue weighted by Gasteiger charge is 1.99. The molecule has 0 saturated carbocycles. The topological polar surface area (TPSA) is 90.2 Å². The molecule has 0 unspecified atom stereocenters. The van der Waals surface area contributed by atoms with Crippen molar-refractivity contribution in [3.8, 4) is 55.9 Å². The largest absolute Gasteiger partial charge is 0.265 e. The molecule has 0 saturated heterocycles. The predicted molar refractivity (Wildman–Crippen MR) is 268 cm³/mol. The van der Waals surface area contributed by atoms with E-state index in [4.69, 9.17) is 0 Å². The zero-order chi connectivity index (χ0) is 45.5. The minimum atomic E-state index is 1.03. The van der Waals surface area contributed by atoms with Gasteiger partial charge in [-0.3, -0.25) is 34.9 Å². The number of hydrogen-bond acceptors (Lipinski definition) is 7. The molecule has 320 valence electrons. The van der Waals surface area contributed by atoms with Gasteiger partial charge in [0.2, 0.25) is 0 Å². The summed E-state index contributed by atoms with van der Waals surface area (Å²) in [5.41, 5.74) is 17.1. The normalized spacial score (nSPS) is 9.92. The van der Waals surface area contributed by atoms with Gasteiger partial charge in [-0.15, -0.1) is 0 Å². The van der Waals surface area contributed by atoms with Crippen LogP contribution in [0.3, 0.4) is 0 Å². The van der Waals surface area contributed by atoms with Gasteiger partial charge in [-0.05, 0) is 129 Å². The van der Waals surface area contributed by atoms with Gasteiger partial charge in [0.15, 0.2) is 0 Å². The average molecular weight is 848 g/mol. The van der Waals surface area contributed by atoms with Crippen LogP contribution < -0.4 is 0 Å². The van der Waals surface area contributed by atoms with E-state index < -0.39 is 0 Å². The van der Waals surface area contributed by atoms with Gasteiger partial charge in [0.25, 0.3) is 0 Å². The average Bonchev–Trinajstić information content (AvgIpc) is 3.37. The summed E-state index contributed by atoms with van der Waals surface area (Å²) in [4.78, 5) is 29.2. The lowest BCUT2D eigenvalue weighted by Crippen LogP contribution is -1.83. The smallest absolute Gasteiger partial charge is 0.0702 e. The highest BCUT2D eigenvalue weighted by atomic mass is 14.7. The van der Waals surface area contributed by atoms with E-state index in [1.165, 1.54) is 50.1 Å². The summed E-state index contributed by atoms with van der Waals surface area (Å²) in [7, 11) is 0. The van der Waals surface area contributed by atoms with Crippen LogP contribution in [-0.2, 0) is 0 Å². The Bertz CT molecular complexity index is 2590. The second-order valence-electron chi connectivity index (χ2n) is 15.1. The van der Waals surface area contributed by atoms with Gasteiger partial charge in [-0.1, -0.05) is 115 Å². The van der Waals surface area contributed by atoms with Crippen molar-refractivity contribution in [1.82, 2.24) is 34.9 Å². The van der Waals surface area contributed by atoms with E-state index in [1.54, 1.807) is 18.6 Å². The molecule has 7 nitrogen and oxygen atoms in total. The Labute approximate surface area is 383 Å². The van der Waals surface area contributed by atoms with Gasteiger partial charge >= 0.3 is 0 Å². The van der Waals surface area contributed by atoms with Crippen molar-refractivity contribution in [1.29, 1.82) is 0 Å². The molecule has 0 fully saturated rings. The summed E-state index contributed by atoms with van der Waals surface area (Å²) in [5.74, 6) is 0. The summed E-state index contributed by atoms with van der Waals surface area (Å²) in [6.07, 6.45) is 16.5. The van der Waals surface area contributed by atoms with Crippen molar-refractivity contribution >= 4 is 0 Å². The highest BCUT2D eigenvalue weighted by Crippen LogP contribution is 2.20. The fourth-order valence-electron chi connectivity index (χ4n) is 6.30. The Kier molecular flexibility index (Phi) is 17.8. The zero-order valence-corrected chi connectivity index (χ0v) is 37.6. The van der Waals surface area contributed by atoms with E-state index in [2.05, 4.69) is 115 Å². The second-order valence-corrected chi connectivity index (χ2v) is 15.1. The number of nitrogens with zero attached hydrogens (tertiary/aromatic N) is 7. The lowest BCUT2D eigenvalue weighted by atomic mass is 10.1. The summed E-state index contributed by atoms with van der Waals surface area (Å²) in [5, 5.41) is 0. The third-order valence-corrected chi connectivity index (χ3v) is 9.81. The van der Waals surface area contributed by atoms with E-state index in [0.717, 1.165) is 34.0 Å². The molecule has 7 aromatic heterocycles. The lowest BCUT2D eigenvalue weighted by Gasteiger charge is -2.00. The Morgan fingerprint density at radius 3 is 1.32 bits per heavy atom. The molecule has 7 heteroatoms. The first kappa shape index (κ1) is 46.2. The van der Waals surface area contributed by atoms with E-state index in [-0.39, 0.29) is 0 Å². The molecule has 10 aromatic rings. The van der Waals surface area contributed by atoms with Crippen molar-refractivity contribution in [3.05, 3.63) is 260 Å². The van der Waals surface area contributed by atoms with Crippen LogP contribution in [0.2, 0.25) is 0 Å². The molecule has 7 heterocycles. The zero-order valence-electron chi connectivity index (χ0n) is 37.6. The monoisotopic (exact) mass is 847 g/mol. The maximum atomic E-state index is 4.35. The van der Waals surface area contributed by atoms with Crippen LogP contribution in [0.15, 0.2) is 232 Å². The lowest BCUT2D eigenvalue weighted by molar-refractivity contribution is 1.20. The number of rotatable bonds is 5. The first-order chi connectivity index (χ1) is 31.8. The molecule has 0 N–H and O–H groups in total. The maximum Gasteiger partial charge on any atom is 0.0702 e. The number of aromatic nitrogens is 7. The molecule has 0 bridgehead atoms. The van der Waals surface area contributed by atoms with Crippen LogP contribution >= 0.6 is 0 Å². The summed E-state index contributed by atoms with van der Waals surface area (Å²) in [6, 6.07) is 59.1. The molecular weight excluding hydrogens is 795 g/mol. The van der Waals surface area contributed by atoms with Gasteiger partial charge in [0.1, 0.15) is 0 Å². The molecule has 0 atom stereocenters. The molecule has 65 heavy (non-hydrogen) atoms. The molecule has 10 rings (SSSR count). The van der Waals surface area contributed by atoms with E-state index in [9.17, 15) is 0 Å². The van der Waals surface area contributed by atoms with Crippen molar-refractivity contribution in [2.24, 2.45) is 0 Å². The second kappa shape index (κ2) is 25.0. The quantitative estimate of drug-likeness (QED) is 0.170. The van der Waals surface area contributed by atoms with Crippen molar-refractivity contribution in [2.45, 2.75) is 34.6 Å². The predicted octanol–water partition coefficient (Wildman–Crippen LogP) is 14.1. The molecule has 0 aliphatic heterocycles. The number of aryl methyl sites for hydroxylation is 5. The van der Waals surface area contributed by atoms with Crippen LogP contribution in [0.1, 0.15) is 28.2 Å². The van der Waals surface area contributed by atoms with Crippen LogP contribution in [0, 0.1) is 34.6 Å². The summed E-state index contributed by atoms with van der Waals surface area (Å²) < 4.78 is 0. The molecule has 0 aliphatic carbocycles. The Balaban J connectivity index is 0.000000135. The highest BCUT2D eigenvalue weighted by molar-refractivity contribution is 5.64. The van der Waals surface area contributed by atoms with E-state index in [0.29, 0.717) is 0 Å². The minimum Gasteiger partial charge on any atom is -0.265 e. The molecule has 0 radical (unpaired) electrons. The third-order valence-electron chi connectivity index (χ3n) is 9.81. The minimum absolute atomic E-state index is 1.03. The van der Waals surface area contributed by atoms with Crippen molar-refractivity contribution < 1.29 is 0 Å². The van der Waals surface area contributed by atoms with E-state index >= 15 is 0 Å². The van der Waals surface area contributed by atoms with Crippen LogP contribution in [-0.4, -0.2) is 34.9 Å². The fraction of sp³-hybridized carbons (Fsp3) is 0.0862. The Hall–Kier alpha value is -8.29. The molecule has 0 spiro atoms. The van der Waals surface area contributed by atoms with Gasteiger partial charge in [-0.2, -0.15) is 0 Å². The summed E-state index contributed by atoms with van der Waals surface area (Å²) >= 11 is 0. The maximum absolute atomic E-state index is 4.35. The van der Waals surface area contributed by atoms with Crippen LogP contribution in [0.4, 0.5) is 0 Å². The van der Waals surface area contributed by atoms with Gasteiger partial charge in [0, 0.05) is 95.1 Å². The Morgan fingerprint density at radius 2 is 0.769 bits per heavy atom. The van der Waals surface area contributed by atoms with Crippen LogP contribution in [0.5, 0.6) is 0 Å². The first-order valence-electron chi connectivity index (χ1n) is 21.4. The van der Waals surface area contributed by atoms with Gasteiger partial charge < -0.3 is 0 Å². The molecule has 3 aromatic carbocycles. The van der Waals surface area contributed by atoms with Gasteiger partial charge in [0.05, 0.1) is 11.4 Å². The third kappa shape index (κ3) is 15.5. The van der Waals surface area contributed by atoms with Gasteiger partial charge in [-0.25, -0.2) is 0 Å². The summed E-state index contributed by atoms with van der Waals surface area (Å²) in [6.45, 7) is 10.1. The number of pyridine rings is 7. The molecular formula is C58H53N7.